The number of benzene rings is 2. The Balaban J connectivity index is 0.000000177. The molecule has 0 bridgehead atoms. The van der Waals surface area contributed by atoms with Crippen molar-refractivity contribution in [2.75, 3.05) is 30.3 Å². The van der Waals surface area contributed by atoms with Gasteiger partial charge >= 0.3 is 51.0 Å². The van der Waals surface area contributed by atoms with Gasteiger partial charge in [-0.05, 0) is 155 Å². The third-order valence-corrected chi connectivity index (χ3v) is 17.8. The largest absolute Gasteiger partial charge is 0.500 e. The van der Waals surface area contributed by atoms with Gasteiger partial charge in [0.2, 0.25) is 31.9 Å². The molecule has 7 heterocycles. The molecule has 4 N–H and O–H groups in total. The Morgan fingerprint density at radius 2 is 1.01 bits per heavy atom. The molecule has 0 radical (unpaired) electrons. The molecule has 0 amide bonds. The molecule has 1 saturated heterocycles. The van der Waals surface area contributed by atoms with Gasteiger partial charge in [-0.1, -0.05) is 20.6 Å². The Bertz CT molecular complexity index is 3370. The van der Waals surface area contributed by atoms with Crippen molar-refractivity contribution in [2.24, 2.45) is 0 Å². The Kier molecular flexibility index (Phi) is 18.1. The van der Waals surface area contributed by atoms with Crippen LogP contribution in [0.3, 0.4) is 0 Å². The molecule has 0 aliphatic carbocycles. The number of nitrogens with one attached hydrogen (secondary N) is 4. The van der Waals surface area contributed by atoms with Crippen molar-refractivity contribution in [3.8, 4) is 33.4 Å². The van der Waals surface area contributed by atoms with E-state index >= 15 is 0 Å². The molecule has 0 atom stereocenters. The van der Waals surface area contributed by atoms with Gasteiger partial charge in [0.1, 0.15) is 28.6 Å². The number of H-pyrrole nitrogens is 2. The topological polar surface area (TPSA) is 272 Å². The number of hydrogen-bond donors (Lipinski definition) is 4. The van der Waals surface area contributed by atoms with Crippen molar-refractivity contribution in [3.05, 3.63) is 73.7 Å². The number of aromatic nitrogens is 8. The maximum absolute atomic E-state index is 12.0. The van der Waals surface area contributed by atoms with E-state index in [4.69, 9.17) is 27.4 Å². The summed E-state index contributed by atoms with van der Waals surface area (Å²) in [4.78, 5) is 17.2. The zero-order valence-electron chi connectivity index (χ0n) is 44.1. The Hall–Kier alpha value is -4.84. The number of anilines is 2. The number of aromatic amines is 2. The third-order valence-electron chi connectivity index (χ3n) is 12.3. The van der Waals surface area contributed by atoms with Crippen molar-refractivity contribution >= 4 is 89.2 Å². The zero-order valence-corrected chi connectivity index (χ0v) is 50.0. The standard InChI is InChI=1S/C19H21N5O4S.C14H15IN4O3S.C11H18BNO3.C4H10I/c1-6-29(25,26)24-19-20-15-8-13(16-9(2)22-27-11(16)4)7-14(18(15)21-19)17-10(3)23-28-12(17)5;1-4-23(20,21)19-14-16-11-6-9(5-10(15)13(11)17-14)12-7(2)18-22-8(12)3;1-7-9(8(2)14-13-7)12-15-10(3,4)11(5,6)16-12;1-3-4-5-2/h7-8H,6H2,1-5H3,(H2,20,21,24);5-6H,4H2,1-3H3,(H2,16,17,19);1-6H3;3-4H2,1-2H3/q;;;-1. The van der Waals surface area contributed by atoms with Gasteiger partial charge in [0.15, 0.2) is 0 Å². The van der Waals surface area contributed by atoms with Gasteiger partial charge < -0.3 is 37.4 Å². The summed E-state index contributed by atoms with van der Waals surface area (Å²) in [5.41, 5.74) is 11.4. The first-order valence-corrected chi connectivity index (χ1v) is 31.5. The van der Waals surface area contributed by atoms with E-state index in [0.29, 0.717) is 43.8 Å². The first-order chi connectivity index (χ1) is 34.2. The van der Waals surface area contributed by atoms with E-state index in [-0.39, 0.29) is 41.7 Å². The number of imidazole rings is 2. The minimum atomic E-state index is -3.47. The van der Waals surface area contributed by atoms with Crippen molar-refractivity contribution in [1.29, 1.82) is 0 Å². The van der Waals surface area contributed by atoms with Gasteiger partial charge in [0.25, 0.3) is 0 Å². The van der Waals surface area contributed by atoms with Crippen molar-refractivity contribution in [3.63, 3.8) is 0 Å². The van der Waals surface area contributed by atoms with E-state index in [9.17, 15) is 16.8 Å². The molecule has 25 heteroatoms. The van der Waals surface area contributed by atoms with Gasteiger partial charge in [-0.25, -0.2) is 26.8 Å². The third kappa shape index (κ3) is 13.0. The van der Waals surface area contributed by atoms with Gasteiger partial charge in [-0.2, -0.15) is 0 Å². The summed E-state index contributed by atoms with van der Waals surface area (Å²) in [6, 6.07) is 7.77. The Labute approximate surface area is 450 Å². The van der Waals surface area contributed by atoms with Crippen LogP contribution in [-0.4, -0.2) is 96.6 Å². The van der Waals surface area contributed by atoms with Gasteiger partial charge in [-0.15, -0.1) is 0 Å². The molecule has 1 aliphatic heterocycles. The monoisotopic (exact) mass is 1270 g/mol. The molecular weight excluding hydrogens is 1210 g/mol. The van der Waals surface area contributed by atoms with Crippen LogP contribution in [0.25, 0.3) is 55.4 Å². The molecule has 20 nitrogen and oxygen atoms in total. The minimum absolute atomic E-state index is 0.00847. The van der Waals surface area contributed by atoms with Crippen LogP contribution < -0.4 is 36.1 Å². The van der Waals surface area contributed by atoms with E-state index in [2.05, 4.69) is 84.5 Å². The normalized spacial score (nSPS) is 14.2. The van der Waals surface area contributed by atoms with Gasteiger partial charge in [0, 0.05) is 31.3 Å². The summed E-state index contributed by atoms with van der Waals surface area (Å²) in [6.07, 6.45) is 1.39. The minimum Gasteiger partial charge on any atom is -0.399 e. The number of hydrogen-bond acceptors (Lipinski definition) is 16. The smallest absolute Gasteiger partial charge is 0.399 e. The number of nitrogens with zero attached hydrogens (tertiary/aromatic N) is 6. The maximum Gasteiger partial charge on any atom is 0.500 e. The van der Waals surface area contributed by atoms with Gasteiger partial charge in [-0.3, -0.25) is 9.44 Å². The molecule has 2 aromatic carbocycles. The number of aryl methyl sites for hydroxylation is 8. The predicted molar refractivity (Wildman–Crippen MR) is 289 cm³/mol. The van der Waals surface area contributed by atoms with Gasteiger partial charge in [0.05, 0.1) is 62.0 Å². The molecule has 0 unspecified atom stereocenters. The number of rotatable bonds is 12. The maximum atomic E-state index is 12.0. The molecule has 6 aromatic heterocycles. The molecule has 73 heavy (non-hydrogen) atoms. The first-order valence-electron chi connectivity index (χ1n) is 23.4. The van der Waals surface area contributed by atoms with Crippen molar-refractivity contribution in [2.45, 2.75) is 121 Å². The molecule has 0 spiro atoms. The van der Waals surface area contributed by atoms with Crippen LogP contribution in [0.4, 0.5) is 11.9 Å². The van der Waals surface area contributed by atoms with Crippen LogP contribution in [0.2, 0.25) is 0 Å². The fourth-order valence-electron chi connectivity index (χ4n) is 7.84. The van der Waals surface area contributed by atoms with Crippen LogP contribution >= 0.6 is 22.6 Å². The Morgan fingerprint density at radius 3 is 1.40 bits per heavy atom. The summed E-state index contributed by atoms with van der Waals surface area (Å²) < 4.78 is 87.6. The van der Waals surface area contributed by atoms with E-state index in [0.717, 1.165) is 87.7 Å². The molecular formula is C48H64BI2N10O10S2-. The first kappa shape index (κ1) is 57.4. The predicted octanol–water partition coefficient (Wildman–Crippen LogP) is 6.77. The van der Waals surface area contributed by atoms with Crippen molar-refractivity contribution in [1.82, 2.24) is 40.6 Å². The van der Waals surface area contributed by atoms with Crippen LogP contribution in [0, 0.1) is 59.0 Å². The second-order valence-corrected chi connectivity index (χ2v) is 26.1. The summed E-state index contributed by atoms with van der Waals surface area (Å²) in [6.45, 7) is 28.4. The van der Waals surface area contributed by atoms with E-state index < -0.39 is 20.0 Å². The van der Waals surface area contributed by atoms with Crippen molar-refractivity contribution < 1.29 is 65.4 Å². The van der Waals surface area contributed by atoms with E-state index in [1.165, 1.54) is 10.8 Å². The molecule has 9 rings (SSSR count). The fraction of sp³-hybridized carbons (Fsp3) is 0.458. The quantitative estimate of drug-likeness (QED) is 0.0558. The number of halogens is 2. The van der Waals surface area contributed by atoms with E-state index in [1.807, 2.05) is 107 Å². The molecule has 0 saturated carbocycles. The van der Waals surface area contributed by atoms with Crippen LogP contribution in [0.1, 0.15) is 101 Å². The zero-order chi connectivity index (χ0) is 54.0. The van der Waals surface area contributed by atoms with Crippen LogP contribution in [0.5, 0.6) is 0 Å². The van der Waals surface area contributed by atoms with E-state index in [1.54, 1.807) is 13.8 Å². The number of alkyl halides is 2. The second-order valence-electron chi connectivity index (χ2n) is 18.3. The number of fused-ring (bicyclic) bond motifs is 2. The molecule has 1 aliphatic rings. The molecule has 396 valence electrons. The summed E-state index contributed by atoms with van der Waals surface area (Å²) in [5, 5.41) is 16.0. The summed E-state index contributed by atoms with van der Waals surface area (Å²) >= 11 is 2.79. The van der Waals surface area contributed by atoms with Crippen LogP contribution in [0.15, 0.2) is 42.4 Å². The average molecular weight is 1270 g/mol. The summed E-state index contributed by atoms with van der Waals surface area (Å²) in [5.74, 6) is 3.16. The second kappa shape index (κ2) is 23.0. The number of sulfonamides is 2. The fourth-order valence-corrected chi connectivity index (χ4v) is 10.7. The Morgan fingerprint density at radius 1 is 0.603 bits per heavy atom. The van der Waals surface area contributed by atoms with Crippen LogP contribution in [-0.2, 0) is 29.4 Å². The SMILES string of the molecule is CCC[I-]C.CCS(=O)(=O)Nc1nc2c(-c3c(C)noc3C)cc(-c3c(C)noc3C)cc2[nH]1.CCS(=O)(=O)Nc1nc2c(I)cc(-c3c(C)noc3C)cc2[nH]1.Cc1noc(C)c1B1OC(C)(C)C(C)(C)O1. The summed E-state index contributed by atoms with van der Waals surface area (Å²) in [7, 11) is -7.22. The average Bonchev–Trinajstić information content (AvgIpc) is 4.19. The molecule has 8 aromatic rings. The molecule has 1 fully saturated rings.